The van der Waals surface area contributed by atoms with Crippen molar-refractivity contribution in [3.63, 3.8) is 0 Å². The lowest BCUT2D eigenvalue weighted by Gasteiger charge is -2.35. The van der Waals surface area contributed by atoms with Gasteiger partial charge in [-0.1, -0.05) is 43.7 Å². The van der Waals surface area contributed by atoms with Crippen LogP contribution in [0, 0.1) is 0 Å². The number of carbonyl (C=O) groups is 2. The lowest BCUT2D eigenvalue weighted by Crippen LogP contribution is -2.49. The number of likely N-dealkylation sites (tertiary alicyclic amines) is 1. The molecule has 1 N–H and O–H groups in total. The molecule has 5 rings (SSSR count). The van der Waals surface area contributed by atoms with Crippen LogP contribution >= 0.6 is 0 Å². The summed E-state index contributed by atoms with van der Waals surface area (Å²) in [6.07, 6.45) is 2.37. The Labute approximate surface area is 183 Å². The third-order valence-corrected chi connectivity index (χ3v) is 7.06. The number of nitrogens with one attached hydrogen (secondary N) is 1. The van der Waals surface area contributed by atoms with Gasteiger partial charge in [0.1, 0.15) is 0 Å². The molecule has 0 unspecified atom stereocenters. The Hall–Kier alpha value is -2.86. The number of carbonyl (C=O) groups excluding carboxylic acids is 2. The van der Waals surface area contributed by atoms with Gasteiger partial charge in [-0.25, -0.2) is 0 Å². The van der Waals surface area contributed by atoms with E-state index in [0.717, 1.165) is 42.9 Å². The van der Waals surface area contributed by atoms with E-state index in [2.05, 4.69) is 17.1 Å². The van der Waals surface area contributed by atoms with Crippen LogP contribution in [0.2, 0.25) is 0 Å². The van der Waals surface area contributed by atoms with E-state index in [1.807, 2.05) is 53.4 Å². The Morgan fingerprint density at radius 3 is 2.65 bits per heavy atom. The van der Waals surface area contributed by atoms with Crippen LogP contribution in [0.25, 0.3) is 0 Å². The monoisotopic (exact) mass is 419 g/mol. The first kappa shape index (κ1) is 20.1. The number of anilines is 2. The molecule has 2 fully saturated rings. The number of fused-ring (bicyclic) bond motifs is 2. The molecule has 0 aromatic heterocycles. The van der Waals surface area contributed by atoms with Crippen molar-refractivity contribution in [3.8, 4) is 0 Å². The molecule has 6 nitrogen and oxygen atoms in total. The van der Waals surface area contributed by atoms with Crippen LogP contribution in [0.4, 0.5) is 11.4 Å². The largest absolute Gasteiger partial charge is 0.378 e. The third-order valence-electron chi connectivity index (χ3n) is 7.06. The summed E-state index contributed by atoms with van der Waals surface area (Å²) >= 11 is 0. The van der Waals surface area contributed by atoms with Gasteiger partial charge in [-0.15, -0.1) is 0 Å². The second kappa shape index (κ2) is 8.00. The Kier molecular flexibility index (Phi) is 5.18. The molecule has 2 aromatic rings. The van der Waals surface area contributed by atoms with E-state index in [4.69, 9.17) is 4.74 Å². The van der Waals surface area contributed by atoms with Gasteiger partial charge in [0.2, 0.25) is 5.91 Å². The molecule has 2 saturated heterocycles. The highest BCUT2D eigenvalue weighted by atomic mass is 16.5. The first-order valence-electron chi connectivity index (χ1n) is 11.3. The summed E-state index contributed by atoms with van der Waals surface area (Å²) < 4.78 is 5.50. The molecule has 3 aliphatic rings. The van der Waals surface area contributed by atoms with E-state index in [0.29, 0.717) is 31.7 Å². The standard InChI is InChI=1S/C25H29N3O3/c1-2-7-22-25(19-9-4-5-10-20(19)26-24(25)30)12-13-28(22)23(29)18-8-3-6-11-21(18)27-14-16-31-17-15-27/h3-6,8-11,22H,2,7,12-17H2,1H3,(H,26,30)/t22-,25+/m0/s1. The molecular formula is C25H29N3O3. The molecule has 2 aromatic carbocycles. The minimum atomic E-state index is -0.657. The summed E-state index contributed by atoms with van der Waals surface area (Å²) in [6.45, 7) is 5.61. The molecule has 0 radical (unpaired) electrons. The third kappa shape index (κ3) is 3.12. The van der Waals surface area contributed by atoms with Crippen LogP contribution in [0.5, 0.6) is 0 Å². The number of para-hydroxylation sites is 2. The Morgan fingerprint density at radius 2 is 1.84 bits per heavy atom. The first-order valence-corrected chi connectivity index (χ1v) is 11.3. The number of nitrogens with zero attached hydrogens (tertiary/aromatic N) is 2. The van der Waals surface area contributed by atoms with Crippen molar-refractivity contribution in [2.45, 2.75) is 37.6 Å². The molecule has 3 aliphatic heterocycles. The van der Waals surface area contributed by atoms with Crippen molar-refractivity contribution in [2.24, 2.45) is 0 Å². The SMILES string of the molecule is CCC[C@@H]1N(C(=O)c2ccccc2N2CCOCC2)CC[C@]12C(=O)Nc1ccccc12. The summed E-state index contributed by atoms with van der Waals surface area (Å²) in [7, 11) is 0. The second-order valence-electron chi connectivity index (χ2n) is 8.64. The zero-order valence-electron chi connectivity index (χ0n) is 18.0. The molecule has 0 bridgehead atoms. The van der Waals surface area contributed by atoms with Crippen molar-refractivity contribution in [1.82, 2.24) is 4.90 Å². The number of hydrogen-bond donors (Lipinski definition) is 1. The van der Waals surface area contributed by atoms with Gasteiger partial charge in [0.25, 0.3) is 5.91 Å². The van der Waals surface area contributed by atoms with E-state index in [-0.39, 0.29) is 17.9 Å². The summed E-state index contributed by atoms with van der Waals surface area (Å²) in [5.74, 6) is 0.0542. The number of ether oxygens (including phenoxy) is 1. The number of morpholine rings is 1. The molecular weight excluding hydrogens is 390 g/mol. The predicted molar refractivity (Wildman–Crippen MR) is 121 cm³/mol. The maximum Gasteiger partial charge on any atom is 0.256 e. The molecule has 3 heterocycles. The van der Waals surface area contributed by atoms with E-state index >= 15 is 0 Å². The molecule has 6 heteroatoms. The van der Waals surface area contributed by atoms with Gasteiger partial charge in [0.15, 0.2) is 0 Å². The minimum Gasteiger partial charge on any atom is -0.378 e. The highest BCUT2D eigenvalue weighted by Gasteiger charge is 2.58. The van der Waals surface area contributed by atoms with Gasteiger partial charge in [0.05, 0.1) is 30.2 Å². The fourth-order valence-corrected chi connectivity index (χ4v) is 5.61. The van der Waals surface area contributed by atoms with Crippen LogP contribution in [0.1, 0.15) is 42.1 Å². The molecule has 0 saturated carbocycles. The lowest BCUT2D eigenvalue weighted by atomic mass is 9.73. The molecule has 31 heavy (non-hydrogen) atoms. The van der Waals surface area contributed by atoms with Crippen LogP contribution in [0.3, 0.4) is 0 Å². The van der Waals surface area contributed by atoms with E-state index in [1.165, 1.54) is 0 Å². The van der Waals surface area contributed by atoms with Crippen molar-refractivity contribution < 1.29 is 14.3 Å². The van der Waals surface area contributed by atoms with Crippen molar-refractivity contribution in [2.75, 3.05) is 43.1 Å². The fourth-order valence-electron chi connectivity index (χ4n) is 5.61. The lowest BCUT2D eigenvalue weighted by molar-refractivity contribution is -0.121. The molecule has 2 atom stereocenters. The number of hydrogen-bond acceptors (Lipinski definition) is 4. The van der Waals surface area contributed by atoms with Crippen molar-refractivity contribution in [3.05, 3.63) is 59.7 Å². The van der Waals surface area contributed by atoms with Crippen LogP contribution in [-0.4, -0.2) is 55.6 Å². The van der Waals surface area contributed by atoms with Gasteiger partial charge >= 0.3 is 0 Å². The van der Waals surface area contributed by atoms with E-state index in [1.54, 1.807) is 0 Å². The van der Waals surface area contributed by atoms with Gasteiger partial charge < -0.3 is 19.9 Å². The average Bonchev–Trinajstić information content (AvgIpc) is 3.33. The highest BCUT2D eigenvalue weighted by molar-refractivity contribution is 6.08. The molecule has 162 valence electrons. The Bertz CT molecular complexity index is 1000. The smallest absolute Gasteiger partial charge is 0.256 e. The maximum atomic E-state index is 13.9. The Morgan fingerprint density at radius 1 is 1.10 bits per heavy atom. The molecule has 2 amide bonds. The van der Waals surface area contributed by atoms with Crippen LogP contribution < -0.4 is 10.2 Å². The average molecular weight is 420 g/mol. The quantitative estimate of drug-likeness (QED) is 0.825. The fraction of sp³-hybridized carbons (Fsp3) is 0.440. The van der Waals surface area contributed by atoms with Gasteiger partial charge in [0, 0.05) is 31.0 Å². The predicted octanol–water partition coefficient (Wildman–Crippen LogP) is 3.43. The van der Waals surface area contributed by atoms with Gasteiger partial charge in [-0.3, -0.25) is 9.59 Å². The van der Waals surface area contributed by atoms with E-state index < -0.39 is 5.41 Å². The number of amides is 2. The van der Waals surface area contributed by atoms with Crippen molar-refractivity contribution in [1.29, 1.82) is 0 Å². The number of benzene rings is 2. The summed E-state index contributed by atoms with van der Waals surface area (Å²) in [4.78, 5) is 31.4. The maximum absolute atomic E-state index is 13.9. The molecule has 1 spiro atoms. The van der Waals surface area contributed by atoms with Gasteiger partial charge in [-0.2, -0.15) is 0 Å². The Balaban J connectivity index is 1.52. The van der Waals surface area contributed by atoms with Gasteiger partial charge in [-0.05, 0) is 36.6 Å². The summed E-state index contributed by atoms with van der Waals surface area (Å²) in [5, 5.41) is 3.08. The minimum absolute atomic E-state index is 0.0228. The zero-order valence-corrected chi connectivity index (χ0v) is 18.0. The first-order chi connectivity index (χ1) is 15.2. The normalized spacial score (nSPS) is 25.1. The summed E-state index contributed by atoms with van der Waals surface area (Å²) in [5.41, 5.74) is 2.94. The summed E-state index contributed by atoms with van der Waals surface area (Å²) in [6, 6.07) is 15.7. The van der Waals surface area contributed by atoms with Crippen LogP contribution in [-0.2, 0) is 14.9 Å². The highest BCUT2D eigenvalue weighted by Crippen LogP contribution is 2.49. The van der Waals surface area contributed by atoms with Crippen LogP contribution in [0.15, 0.2) is 48.5 Å². The van der Waals surface area contributed by atoms with E-state index in [9.17, 15) is 9.59 Å². The zero-order chi connectivity index (χ0) is 21.4. The number of rotatable bonds is 4. The molecule has 0 aliphatic carbocycles. The van der Waals surface area contributed by atoms with Crippen molar-refractivity contribution >= 4 is 23.2 Å². The topological polar surface area (TPSA) is 61.9 Å². The second-order valence-corrected chi connectivity index (χ2v) is 8.64.